The number of hydrogen-bond donors (Lipinski definition) is 0. The highest BCUT2D eigenvalue weighted by Crippen LogP contribution is 2.58. The van der Waals surface area contributed by atoms with Gasteiger partial charge in [-0.3, -0.25) is 0 Å². The van der Waals surface area contributed by atoms with E-state index in [1.54, 1.807) is 0 Å². The summed E-state index contributed by atoms with van der Waals surface area (Å²) in [6.07, 6.45) is -0.0382. The van der Waals surface area contributed by atoms with Gasteiger partial charge in [-0.05, 0) is 34.0 Å². The van der Waals surface area contributed by atoms with Crippen molar-refractivity contribution in [2.75, 3.05) is 4.90 Å². The molecule has 0 radical (unpaired) electrons. The standard InChI is InChI=1S/C25H19NO/c1-3-9-18(10-4-1)25-26(19-13-5-2-6-14-19)23-20-15-7-11-17-12-8-16-21(22(17)20)24(23)27-25/h1-16,23-25H/t23-,24-,25+/m1/s1. The molecule has 0 unspecified atom stereocenters. The molecule has 130 valence electrons. The first-order chi connectivity index (χ1) is 13.4. The fourth-order valence-electron chi connectivity index (χ4n) is 4.76. The Labute approximate surface area is 158 Å². The van der Waals surface area contributed by atoms with Crippen molar-refractivity contribution < 1.29 is 4.74 Å². The van der Waals surface area contributed by atoms with Crippen molar-refractivity contribution in [1.29, 1.82) is 0 Å². The maximum atomic E-state index is 6.74. The Hall–Kier alpha value is -3.10. The Bertz CT molecular complexity index is 1120. The van der Waals surface area contributed by atoms with Gasteiger partial charge in [0.05, 0.1) is 6.04 Å². The summed E-state index contributed by atoms with van der Waals surface area (Å²) < 4.78 is 6.74. The van der Waals surface area contributed by atoms with Crippen LogP contribution in [0.15, 0.2) is 97.1 Å². The zero-order valence-corrected chi connectivity index (χ0v) is 14.8. The van der Waals surface area contributed by atoms with Gasteiger partial charge in [-0.1, -0.05) is 84.9 Å². The lowest BCUT2D eigenvalue weighted by molar-refractivity contribution is 0.0433. The van der Waals surface area contributed by atoms with E-state index in [2.05, 4.69) is 102 Å². The van der Waals surface area contributed by atoms with E-state index in [0.29, 0.717) is 0 Å². The molecule has 1 heterocycles. The first-order valence-corrected chi connectivity index (χ1v) is 9.47. The van der Waals surface area contributed by atoms with E-state index >= 15 is 0 Å². The lowest BCUT2D eigenvalue weighted by atomic mass is 10.0. The van der Waals surface area contributed by atoms with Gasteiger partial charge in [0.15, 0.2) is 6.23 Å². The third-order valence-electron chi connectivity index (χ3n) is 5.85. The fourth-order valence-corrected chi connectivity index (χ4v) is 4.76. The minimum atomic E-state index is -0.0905. The second-order valence-electron chi connectivity index (χ2n) is 7.30. The number of nitrogens with zero attached hydrogens (tertiary/aromatic N) is 1. The molecule has 1 aliphatic heterocycles. The Kier molecular flexibility index (Phi) is 3.17. The van der Waals surface area contributed by atoms with Crippen molar-refractivity contribution in [3.05, 3.63) is 114 Å². The monoisotopic (exact) mass is 349 g/mol. The summed E-state index contributed by atoms with van der Waals surface area (Å²) in [6.45, 7) is 0. The van der Waals surface area contributed by atoms with Crippen LogP contribution in [-0.4, -0.2) is 0 Å². The molecule has 3 atom stereocenters. The van der Waals surface area contributed by atoms with Crippen molar-refractivity contribution >= 4 is 16.5 Å². The molecular weight excluding hydrogens is 330 g/mol. The van der Waals surface area contributed by atoms with Gasteiger partial charge in [0.2, 0.25) is 0 Å². The number of ether oxygens (including phenoxy) is 1. The van der Waals surface area contributed by atoms with Crippen molar-refractivity contribution in [3.8, 4) is 0 Å². The zero-order valence-electron chi connectivity index (χ0n) is 14.8. The molecule has 2 aliphatic rings. The smallest absolute Gasteiger partial charge is 0.158 e. The van der Waals surface area contributed by atoms with Crippen LogP contribution in [0.4, 0.5) is 5.69 Å². The Balaban J connectivity index is 1.58. The molecule has 0 bridgehead atoms. The van der Waals surface area contributed by atoms with Crippen LogP contribution < -0.4 is 4.90 Å². The Morgan fingerprint density at radius 3 is 2.04 bits per heavy atom. The highest BCUT2D eigenvalue weighted by atomic mass is 16.5. The van der Waals surface area contributed by atoms with Crippen molar-refractivity contribution in [2.45, 2.75) is 18.4 Å². The average molecular weight is 349 g/mol. The maximum Gasteiger partial charge on any atom is 0.158 e. The van der Waals surface area contributed by atoms with Gasteiger partial charge in [0.25, 0.3) is 0 Å². The van der Waals surface area contributed by atoms with E-state index in [9.17, 15) is 0 Å². The summed E-state index contributed by atoms with van der Waals surface area (Å²) in [5.41, 5.74) is 5.08. The summed E-state index contributed by atoms with van der Waals surface area (Å²) in [7, 11) is 0. The molecule has 0 N–H and O–H groups in total. The first-order valence-electron chi connectivity index (χ1n) is 9.47. The normalized spacial score (nSPS) is 23.0. The fraction of sp³-hybridized carbons (Fsp3) is 0.120. The molecule has 4 aromatic rings. The van der Waals surface area contributed by atoms with E-state index in [0.717, 1.165) is 0 Å². The van der Waals surface area contributed by atoms with Gasteiger partial charge < -0.3 is 9.64 Å². The highest BCUT2D eigenvalue weighted by molar-refractivity contribution is 5.93. The summed E-state index contributed by atoms with van der Waals surface area (Å²) in [5.74, 6) is 0. The lowest BCUT2D eigenvalue weighted by Crippen LogP contribution is -2.26. The summed E-state index contributed by atoms with van der Waals surface area (Å²) in [6, 6.07) is 34.6. The van der Waals surface area contributed by atoms with Crippen LogP contribution in [0, 0.1) is 0 Å². The third kappa shape index (κ3) is 2.11. The number of para-hydroxylation sites is 1. The number of fused-ring (bicyclic) bond motifs is 3. The zero-order chi connectivity index (χ0) is 17.8. The number of hydrogen-bond acceptors (Lipinski definition) is 2. The van der Waals surface area contributed by atoms with Crippen LogP contribution in [0.3, 0.4) is 0 Å². The van der Waals surface area contributed by atoms with E-state index in [4.69, 9.17) is 4.74 Å². The number of benzene rings is 4. The van der Waals surface area contributed by atoms with Gasteiger partial charge >= 0.3 is 0 Å². The molecule has 1 aliphatic carbocycles. The van der Waals surface area contributed by atoms with E-state index in [1.165, 1.54) is 33.2 Å². The largest absolute Gasteiger partial charge is 0.344 e. The number of rotatable bonds is 2. The van der Waals surface area contributed by atoms with E-state index < -0.39 is 0 Å². The first kappa shape index (κ1) is 15.0. The predicted octanol–water partition coefficient (Wildman–Crippen LogP) is 6.17. The molecule has 1 saturated heterocycles. The quantitative estimate of drug-likeness (QED) is 0.429. The van der Waals surface area contributed by atoms with Crippen molar-refractivity contribution in [1.82, 2.24) is 0 Å². The van der Waals surface area contributed by atoms with Crippen LogP contribution in [0.5, 0.6) is 0 Å². The van der Waals surface area contributed by atoms with Crippen LogP contribution in [0.2, 0.25) is 0 Å². The van der Waals surface area contributed by atoms with Gasteiger partial charge in [0, 0.05) is 11.3 Å². The molecule has 27 heavy (non-hydrogen) atoms. The van der Waals surface area contributed by atoms with Crippen LogP contribution in [-0.2, 0) is 4.74 Å². The van der Waals surface area contributed by atoms with Gasteiger partial charge in [-0.15, -0.1) is 0 Å². The minimum absolute atomic E-state index is 0.0523. The average Bonchev–Trinajstić information content (AvgIpc) is 3.27. The second-order valence-corrected chi connectivity index (χ2v) is 7.30. The molecule has 0 amide bonds. The van der Waals surface area contributed by atoms with Gasteiger partial charge in [0.1, 0.15) is 6.10 Å². The van der Waals surface area contributed by atoms with E-state index in [-0.39, 0.29) is 18.4 Å². The molecular formula is C25H19NO. The predicted molar refractivity (Wildman–Crippen MR) is 109 cm³/mol. The van der Waals surface area contributed by atoms with Gasteiger partial charge in [-0.2, -0.15) is 0 Å². The minimum Gasteiger partial charge on any atom is -0.344 e. The van der Waals surface area contributed by atoms with Crippen LogP contribution in [0.25, 0.3) is 10.8 Å². The molecule has 2 nitrogen and oxygen atoms in total. The highest BCUT2D eigenvalue weighted by Gasteiger charge is 2.49. The summed E-state index contributed by atoms with van der Waals surface area (Å²) in [5, 5.41) is 2.66. The van der Waals surface area contributed by atoms with Crippen molar-refractivity contribution in [3.63, 3.8) is 0 Å². The Morgan fingerprint density at radius 1 is 0.630 bits per heavy atom. The molecule has 6 rings (SSSR count). The molecule has 0 spiro atoms. The molecule has 1 fully saturated rings. The van der Waals surface area contributed by atoms with Crippen LogP contribution in [0.1, 0.15) is 35.1 Å². The lowest BCUT2D eigenvalue weighted by Gasteiger charge is -2.30. The third-order valence-corrected chi connectivity index (χ3v) is 5.85. The molecule has 2 heteroatoms. The SMILES string of the molecule is c1ccc([C@@H]2O[C@@H]3c4cccc5cccc(c45)[C@H]3N2c2ccccc2)cc1. The molecule has 0 saturated carbocycles. The van der Waals surface area contributed by atoms with Gasteiger partial charge in [-0.25, -0.2) is 0 Å². The van der Waals surface area contributed by atoms with E-state index in [1.807, 2.05) is 0 Å². The van der Waals surface area contributed by atoms with Crippen molar-refractivity contribution in [2.24, 2.45) is 0 Å². The van der Waals surface area contributed by atoms with Crippen LogP contribution >= 0.6 is 0 Å². The number of anilines is 1. The molecule has 0 aromatic heterocycles. The topological polar surface area (TPSA) is 12.5 Å². The summed E-state index contributed by atoms with van der Waals surface area (Å²) in [4.78, 5) is 2.45. The maximum absolute atomic E-state index is 6.74. The molecule has 4 aromatic carbocycles. The Morgan fingerprint density at radius 2 is 1.30 bits per heavy atom. The summed E-state index contributed by atoms with van der Waals surface area (Å²) >= 11 is 0. The second kappa shape index (κ2) is 5.70.